The number of alkyl halides is 1. The summed E-state index contributed by atoms with van der Waals surface area (Å²) in [5, 5.41) is 0. The van der Waals surface area contributed by atoms with Gasteiger partial charge in [-0.2, -0.15) is 0 Å². The highest BCUT2D eigenvalue weighted by atomic mass is 19.1. The smallest absolute Gasteiger partial charge is 0.119 e. The predicted molar refractivity (Wildman–Crippen MR) is 61.4 cm³/mol. The molecule has 0 bridgehead atoms. The summed E-state index contributed by atoms with van der Waals surface area (Å²) in [7, 11) is 0. The Labute approximate surface area is 91.3 Å². The van der Waals surface area contributed by atoms with Crippen LogP contribution < -0.4 is 4.74 Å². The van der Waals surface area contributed by atoms with E-state index in [0.717, 1.165) is 17.7 Å². The van der Waals surface area contributed by atoms with Gasteiger partial charge in [0, 0.05) is 5.92 Å². The molecule has 1 atom stereocenters. The lowest BCUT2D eigenvalue weighted by Crippen LogP contribution is -2.02. The van der Waals surface area contributed by atoms with Gasteiger partial charge in [-0.3, -0.25) is 4.39 Å². The molecule has 0 saturated carbocycles. The number of halogens is 1. The SMILES string of the molecule is CCOc1ccc(CC)c(C(C)CF)c1. The Morgan fingerprint density at radius 1 is 1.33 bits per heavy atom. The van der Waals surface area contributed by atoms with Crippen LogP contribution in [0.2, 0.25) is 0 Å². The lowest BCUT2D eigenvalue weighted by Gasteiger charge is -2.14. The third-order valence-electron chi connectivity index (χ3n) is 2.57. The molecule has 0 spiro atoms. The normalized spacial score (nSPS) is 12.5. The molecule has 0 aliphatic carbocycles. The van der Waals surface area contributed by atoms with Gasteiger partial charge in [-0.15, -0.1) is 0 Å². The van der Waals surface area contributed by atoms with Gasteiger partial charge in [-0.25, -0.2) is 0 Å². The number of hydrogen-bond acceptors (Lipinski definition) is 1. The van der Waals surface area contributed by atoms with Crippen LogP contribution >= 0.6 is 0 Å². The molecular weight excluding hydrogens is 191 g/mol. The lowest BCUT2D eigenvalue weighted by atomic mass is 9.95. The van der Waals surface area contributed by atoms with Gasteiger partial charge < -0.3 is 4.74 Å². The minimum Gasteiger partial charge on any atom is -0.494 e. The highest BCUT2D eigenvalue weighted by molar-refractivity contribution is 5.37. The Bertz CT molecular complexity index is 309. The van der Waals surface area contributed by atoms with Crippen molar-refractivity contribution < 1.29 is 9.13 Å². The molecule has 0 aliphatic rings. The molecule has 0 aliphatic heterocycles. The summed E-state index contributed by atoms with van der Waals surface area (Å²) in [6.07, 6.45) is 0.937. The zero-order valence-electron chi connectivity index (χ0n) is 9.72. The fourth-order valence-corrected chi connectivity index (χ4v) is 1.69. The third-order valence-corrected chi connectivity index (χ3v) is 2.57. The summed E-state index contributed by atoms with van der Waals surface area (Å²) in [6, 6.07) is 5.95. The first kappa shape index (κ1) is 12.0. The van der Waals surface area contributed by atoms with Crippen LogP contribution in [-0.2, 0) is 6.42 Å². The summed E-state index contributed by atoms with van der Waals surface area (Å²) in [4.78, 5) is 0. The maximum absolute atomic E-state index is 12.7. The van der Waals surface area contributed by atoms with Crippen molar-refractivity contribution in [3.63, 3.8) is 0 Å². The topological polar surface area (TPSA) is 9.23 Å². The van der Waals surface area contributed by atoms with Crippen LogP contribution in [0.5, 0.6) is 5.75 Å². The highest BCUT2D eigenvalue weighted by Crippen LogP contribution is 2.25. The molecule has 1 unspecified atom stereocenters. The average molecular weight is 210 g/mol. The van der Waals surface area contributed by atoms with Gasteiger partial charge in [0.15, 0.2) is 0 Å². The van der Waals surface area contributed by atoms with Crippen molar-refractivity contribution in [1.82, 2.24) is 0 Å². The Hall–Kier alpha value is -1.05. The van der Waals surface area contributed by atoms with Crippen LogP contribution in [0.25, 0.3) is 0 Å². The number of aryl methyl sites for hydroxylation is 1. The summed E-state index contributed by atoms with van der Waals surface area (Å²) in [5.41, 5.74) is 2.29. The average Bonchev–Trinajstić information content (AvgIpc) is 2.28. The summed E-state index contributed by atoms with van der Waals surface area (Å²) in [6.45, 7) is 6.28. The van der Waals surface area contributed by atoms with Gasteiger partial charge >= 0.3 is 0 Å². The van der Waals surface area contributed by atoms with E-state index in [1.165, 1.54) is 5.56 Å². The summed E-state index contributed by atoms with van der Waals surface area (Å²) >= 11 is 0. The number of hydrogen-bond donors (Lipinski definition) is 0. The molecular formula is C13H19FO. The van der Waals surface area contributed by atoms with Crippen LogP contribution in [0.3, 0.4) is 0 Å². The molecule has 1 rings (SSSR count). The van der Waals surface area contributed by atoms with Gasteiger partial charge in [0.1, 0.15) is 5.75 Å². The fourth-order valence-electron chi connectivity index (χ4n) is 1.69. The lowest BCUT2D eigenvalue weighted by molar-refractivity contribution is 0.339. The van der Waals surface area contributed by atoms with E-state index in [4.69, 9.17) is 4.74 Å². The van der Waals surface area contributed by atoms with Crippen LogP contribution in [0.1, 0.15) is 37.8 Å². The Kier molecular flexibility index (Phi) is 4.60. The third kappa shape index (κ3) is 2.95. The molecule has 1 nitrogen and oxygen atoms in total. The largest absolute Gasteiger partial charge is 0.494 e. The van der Waals surface area contributed by atoms with Gasteiger partial charge in [0.25, 0.3) is 0 Å². The second-order valence-electron chi connectivity index (χ2n) is 3.70. The van der Waals surface area contributed by atoms with E-state index in [1.54, 1.807) is 0 Å². The molecule has 1 aromatic carbocycles. The van der Waals surface area contributed by atoms with Crippen LogP contribution in [-0.4, -0.2) is 13.3 Å². The second kappa shape index (κ2) is 5.74. The van der Waals surface area contributed by atoms with Crippen molar-refractivity contribution >= 4 is 0 Å². The molecule has 1 aromatic rings. The maximum Gasteiger partial charge on any atom is 0.119 e. The number of rotatable bonds is 5. The number of ether oxygens (including phenoxy) is 1. The van der Waals surface area contributed by atoms with Crippen molar-refractivity contribution in [2.75, 3.05) is 13.3 Å². The minimum absolute atomic E-state index is 0.0413. The monoisotopic (exact) mass is 210 g/mol. The first-order valence-electron chi connectivity index (χ1n) is 5.54. The molecule has 0 aromatic heterocycles. The predicted octanol–water partition coefficient (Wildman–Crippen LogP) is 3.72. The van der Waals surface area contributed by atoms with Crippen LogP contribution in [0.4, 0.5) is 4.39 Å². The molecule has 2 heteroatoms. The van der Waals surface area contributed by atoms with E-state index in [9.17, 15) is 4.39 Å². The summed E-state index contributed by atoms with van der Waals surface area (Å²) in [5.74, 6) is 0.797. The second-order valence-corrected chi connectivity index (χ2v) is 3.70. The Morgan fingerprint density at radius 3 is 2.60 bits per heavy atom. The molecule has 0 fully saturated rings. The molecule has 84 valence electrons. The van der Waals surface area contributed by atoms with Crippen LogP contribution in [0, 0.1) is 0 Å². The van der Waals surface area contributed by atoms with E-state index < -0.39 is 0 Å². The maximum atomic E-state index is 12.7. The molecule has 0 saturated heterocycles. The molecule has 0 heterocycles. The van der Waals surface area contributed by atoms with Crippen molar-refractivity contribution in [1.29, 1.82) is 0 Å². The fraction of sp³-hybridized carbons (Fsp3) is 0.538. The van der Waals surface area contributed by atoms with E-state index in [0.29, 0.717) is 6.61 Å². The van der Waals surface area contributed by atoms with Gasteiger partial charge in [0.05, 0.1) is 13.3 Å². The van der Waals surface area contributed by atoms with Crippen molar-refractivity contribution in [3.8, 4) is 5.75 Å². The van der Waals surface area contributed by atoms with Gasteiger partial charge in [0.2, 0.25) is 0 Å². The molecule has 0 radical (unpaired) electrons. The molecule has 0 amide bonds. The van der Waals surface area contributed by atoms with Crippen molar-refractivity contribution in [2.45, 2.75) is 33.1 Å². The molecule has 0 N–H and O–H groups in total. The van der Waals surface area contributed by atoms with E-state index in [1.807, 2.05) is 32.0 Å². The van der Waals surface area contributed by atoms with E-state index in [-0.39, 0.29) is 12.6 Å². The molecule has 15 heavy (non-hydrogen) atoms. The van der Waals surface area contributed by atoms with Crippen LogP contribution in [0.15, 0.2) is 18.2 Å². The standard InChI is InChI=1S/C13H19FO/c1-4-11-6-7-12(15-5-2)8-13(11)10(3)9-14/h6-8,10H,4-5,9H2,1-3H3. The van der Waals surface area contributed by atoms with E-state index in [2.05, 4.69) is 6.92 Å². The zero-order valence-corrected chi connectivity index (χ0v) is 9.72. The van der Waals surface area contributed by atoms with E-state index >= 15 is 0 Å². The first-order valence-corrected chi connectivity index (χ1v) is 5.54. The van der Waals surface area contributed by atoms with Crippen molar-refractivity contribution in [2.24, 2.45) is 0 Å². The Morgan fingerprint density at radius 2 is 2.07 bits per heavy atom. The Balaban J connectivity index is 3.01. The number of benzene rings is 1. The quantitative estimate of drug-likeness (QED) is 0.719. The van der Waals surface area contributed by atoms with Gasteiger partial charge in [-0.05, 0) is 36.6 Å². The van der Waals surface area contributed by atoms with Gasteiger partial charge in [-0.1, -0.05) is 19.9 Å². The zero-order chi connectivity index (χ0) is 11.3. The minimum atomic E-state index is -0.317. The first-order chi connectivity index (χ1) is 7.22. The highest BCUT2D eigenvalue weighted by Gasteiger charge is 2.10. The van der Waals surface area contributed by atoms with Crippen molar-refractivity contribution in [3.05, 3.63) is 29.3 Å². The summed E-state index contributed by atoms with van der Waals surface area (Å²) < 4.78 is 18.1.